The highest BCUT2D eigenvalue weighted by atomic mass is 16.2. The standard InChI is InChI=1S/C18H21N3O2/c1-13(2)16-9-17(22)21(12-19-16)11-18(23)20-8-7-14-5-3-4-6-15(14)10-20/h3-6,9,12-13H,7-8,10-11H2,1-2H3. The third kappa shape index (κ3) is 3.33. The van der Waals surface area contributed by atoms with Crippen LogP contribution in [0.15, 0.2) is 41.5 Å². The zero-order valence-corrected chi connectivity index (χ0v) is 13.5. The van der Waals surface area contributed by atoms with Crippen molar-refractivity contribution in [2.75, 3.05) is 6.54 Å². The van der Waals surface area contributed by atoms with Gasteiger partial charge in [-0.05, 0) is 23.5 Å². The first-order chi connectivity index (χ1) is 11.0. The van der Waals surface area contributed by atoms with Gasteiger partial charge < -0.3 is 4.90 Å². The first-order valence-electron chi connectivity index (χ1n) is 7.95. The van der Waals surface area contributed by atoms with Crippen molar-refractivity contribution in [1.82, 2.24) is 14.5 Å². The molecule has 0 atom stereocenters. The quantitative estimate of drug-likeness (QED) is 0.870. The predicted molar refractivity (Wildman–Crippen MR) is 88.1 cm³/mol. The Kier molecular flexibility index (Phi) is 4.28. The summed E-state index contributed by atoms with van der Waals surface area (Å²) in [6, 6.07) is 9.70. The number of benzene rings is 1. The Labute approximate surface area is 135 Å². The summed E-state index contributed by atoms with van der Waals surface area (Å²) in [6.07, 6.45) is 2.34. The smallest absolute Gasteiger partial charge is 0.254 e. The van der Waals surface area contributed by atoms with Gasteiger partial charge >= 0.3 is 0 Å². The highest BCUT2D eigenvalue weighted by Crippen LogP contribution is 2.18. The molecular weight excluding hydrogens is 290 g/mol. The molecule has 1 aromatic heterocycles. The van der Waals surface area contributed by atoms with E-state index in [1.165, 1.54) is 28.1 Å². The minimum absolute atomic E-state index is 0.0410. The lowest BCUT2D eigenvalue weighted by Gasteiger charge is -2.29. The Morgan fingerprint density at radius 3 is 2.70 bits per heavy atom. The summed E-state index contributed by atoms with van der Waals surface area (Å²) < 4.78 is 1.38. The summed E-state index contributed by atoms with van der Waals surface area (Å²) in [4.78, 5) is 30.7. The van der Waals surface area contributed by atoms with Gasteiger partial charge in [0.1, 0.15) is 6.54 Å². The predicted octanol–water partition coefficient (Wildman–Crippen LogP) is 1.95. The normalized spacial score (nSPS) is 14.0. The molecule has 0 N–H and O–H groups in total. The fraction of sp³-hybridized carbons (Fsp3) is 0.389. The molecule has 5 heteroatoms. The number of hydrogen-bond donors (Lipinski definition) is 0. The largest absolute Gasteiger partial charge is 0.336 e. The second-order valence-electron chi connectivity index (χ2n) is 6.27. The number of carbonyl (C=O) groups excluding carboxylic acids is 1. The van der Waals surface area contributed by atoms with Gasteiger partial charge in [0, 0.05) is 19.2 Å². The number of hydrogen-bond acceptors (Lipinski definition) is 3. The van der Waals surface area contributed by atoms with E-state index in [2.05, 4.69) is 17.1 Å². The van der Waals surface area contributed by atoms with Gasteiger partial charge in [-0.15, -0.1) is 0 Å². The molecule has 120 valence electrons. The van der Waals surface area contributed by atoms with Crippen molar-refractivity contribution in [1.29, 1.82) is 0 Å². The molecule has 23 heavy (non-hydrogen) atoms. The Hall–Kier alpha value is -2.43. The lowest BCUT2D eigenvalue weighted by Crippen LogP contribution is -2.39. The van der Waals surface area contributed by atoms with Crippen molar-refractivity contribution in [3.8, 4) is 0 Å². The number of amides is 1. The van der Waals surface area contributed by atoms with E-state index in [-0.39, 0.29) is 23.9 Å². The maximum absolute atomic E-state index is 12.5. The van der Waals surface area contributed by atoms with Crippen LogP contribution in [0.3, 0.4) is 0 Å². The van der Waals surface area contributed by atoms with Crippen LogP contribution in [0.25, 0.3) is 0 Å². The van der Waals surface area contributed by atoms with E-state index >= 15 is 0 Å². The molecule has 5 nitrogen and oxygen atoms in total. The van der Waals surface area contributed by atoms with Gasteiger partial charge in [-0.1, -0.05) is 38.1 Å². The summed E-state index contributed by atoms with van der Waals surface area (Å²) >= 11 is 0. The summed E-state index contributed by atoms with van der Waals surface area (Å²) in [5.74, 6) is 0.160. The van der Waals surface area contributed by atoms with Crippen LogP contribution in [0.2, 0.25) is 0 Å². The average Bonchev–Trinajstić information content (AvgIpc) is 2.56. The first kappa shape index (κ1) is 15.5. The molecule has 0 saturated heterocycles. The molecule has 1 aromatic carbocycles. The molecule has 0 unspecified atom stereocenters. The van der Waals surface area contributed by atoms with Crippen molar-refractivity contribution in [3.05, 3.63) is 63.8 Å². The number of carbonyl (C=O) groups is 1. The van der Waals surface area contributed by atoms with E-state index in [1.807, 2.05) is 30.9 Å². The fourth-order valence-corrected chi connectivity index (χ4v) is 2.83. The molecule has 0 spiro atoms. The highest BCUT2D eigenvalue weighted by Gasteiger charge is 2.20. The van der Waals surface area contributed by atoms with Crippen LogP contribution in [-0.2, 0) is 24.3 Å². The van der Waals surface area contributed by atoms with Crippen LogP contribution < -0.4 is 5.56 Å². The van der Waals surface area contributed by atoms with Crippen LogP contribution in [0.4, 0.5) is 0 Å². The van der Waals surface area contributed by atoms with E-state index in [0.717, 1.165) is 12.1 Å². The Bertz CT molecular complexity index is 780. The number of rotatable bonds is 3. The van der Waals surface area contributed by atoms with Crippen LogP contribution in [-0.4, -0.2) is 26.9 Å². The highest BCUT2D eigenvalue weighted by molar-refractivity contribution is 5.76. The molecule has 0 radical (unpaired) electrons. The van der Waals surface area contributed by atoms with Crippen LogP contribution >= 0.6 is 0 Å². The van der Waals surface area contributed by atoms with Crippen molar-refractivity contribution in [2.24, 2.45) is 0 Å². The molecule has 2 heterocycles. The third-order valence-electron chi connectivity index (χ3n) is 4.28. The molecule has 1 aliphatic heterocycles. The first-order valence-corrected chi connectivity index (χ1v) is 7.95. The average molecular weight is 311 g/mol. The second kappa shape index (κ2) is 6.36. The Morgan fingerprint density at radius 1 is 1.26 bits per heavy atom. The summed E-state index contributed by atoms with van der Waals surface area (Å²) in [5.41, 5.74) is 3.07. The molecule has 0 aliphatic carbocycles. The lowest BCUT2D eigenvalue weighted by molar-refractivity contribution is -0.132. The van der Waals surface area contributed by atoms with E-state index in [4.69, 9.17) is 0 Å². The van der Waals surface area contributed by atoms with E-state index < -0.39 is 0 Å². The number of fused-ring (bicyclic) bond motifs is 1. The Balaban J connectivity index is 1.72. The van der Waals surface area contributed by atoms with Gasteiger partial charge in [-0.3, -0.25) is 14.2 Å². The van der Waals surface area contributed by atoms with E-state index in [9.17, 15) is 9.59 Å². The summed E-state index contributed by atoms with van der Waals surface area (Å²) in [7, 11) is 0. The topological polar surface area (TPSA) is 55.2 Å². The molecule has 0 bridgehead atoms. The zero-order valence-electron chi connectivity index (χ0n) is 13.5. The van der Waals surface area contributed by atoms with Crippen LogP contribution in [0.1, 0.15) is 36.6 Å². The SMILES string of the molecule is CC(C)c1cc(=O)n(CC(=O)N2CCc3ccccc3C2)cn1. The molecule has 1 amide bonds. The van der Waals surface area contributed by atoms with Gasteiger partial charge in [0.05, 0.1) is 12.0 Å². The third-order valence-corrected chi connectivity index (χ3v) is 4.28. The summed E-state index contributed by atoms with van der Waals surface area (Å²) in [5, 5.41) is 0. The van der Waals surface area contributed by atoms with E-state index in [0.29, 0.717) is 13.1 Å². The molecule has 1 aliphatic rings. The maximum atomic E-state index is 12.5. The van der Waals surface area contributed by atoms with Crippen molar-refractivity contribution >= 4 is 5.91 Å². The monoisotopic (exact) mass is 311 g/mol. The van der Waals surface area contributed by atoms with Gasteiger partial charge in [-0.2, -0.15) is 0 Å². The van der Waals surface area contributed by atoms with Crippen LogP contribution in [0, 0.1) is 0 Å². The van der Waals surface area contributed by atoms with Gasteiger partial charge in [0.15, 0.2) is 0 Å². The second-order valence-corrected chi connectivity index (χ2v) is 6.27. The van der Waals surface area contributed by atoms with Gasteiger partial charge in [0.2, 0.25) is 5.91 Å². The van der Waals surface area contributed by atoms with Crippen molar-refractivity contribution in [3.63, 3.8) is 0 Å². The minimum Gasteiger partial charge on any atom is -0.336 e. The van der Waals surface area contributed by atoms with Gasteiger partial charge in [-0.25, -0.2) is 4.98 Å². The summed E-state index contributed by atoms with van der Waals surface area (Å²) in [6.45, 7) is 5.33. The minimum atomic E-state index is -0.172. The molecule has 3 rings (SSSR count). The fourth-order valence-electron chi connectivity index (χ4n) is 2.83. The maximum Gasteiger partial charge on any atom is 0.254 e. The van der Waals surface area contributed by atoms with E-state index in [1.54, 1.807) is 0 Å². The zero-order chi connectivity index (χ0) is 16.4. The van der Waals surface area contributed by atoms with Crippen molar-refractivity contribution in [2.45, 2.75) is 39.3 Å². The lowest BCUT2D eigenvalue weighted by atomic mass is 10.00. The van der Waals surface area contributed by atoms with Crippen molar-refractivity contribution < 1.29 is 4.79 Å². The Morgan fingerprint density at radius 2 is 2.00 bits per heavy atom. The molecule has 0 saturated carbocycles. The number of aromatic nitrogens is 2. The molecule has 2 aromatic rings. The molecular formula is C18H21N3O2. The molecule has 0 fully saturated rings. The number of nitrogens with zero attached hydrogens (tertiary/aromatic N) is 3. The van der Waals surface area contributed by atoms with Crippen LogP contribution in [0.5, 0.6) is 0 Å². The van der Waals surface area contributed by atoms with Gasteiger partial charge in [0.25, 0.3) is 5.56 Å².